The average Bonchev–Trinajstić information content (AvgIpc) is 2.61. The number of fused-ring (bicyclic) bond motifs is 1. The highest BCUT2D eigenvalue weighted by atomic mass is 16.6. The maximum absolute atomic E-state index is 12.0. The van der Waals surface area contributed by atoms with Crippen LogP contribution in [0.25, 0.3) is 6.08 Å². The summed E-state index contributed by atoms with van der Waals surface area (Å²) in [4.78, 5) is 23.0. The molecule has 0 saturated heterocycles. The average molecular weight is 338 g/mol. The quantitative estimate of drug-likeness (QED) is 0.840. The first-order chi connectivity index (χ1) is 12.1. The first-order valence-corrected chi connectivity index (χ1v) is 7.86. The largest absolute Gasteiger partial charge is 0.486 e. The number of amides is 2. The van der Waals surface area contributed by atoms with Crippen molar-refractivity contribution in [2.75, 3.05) is 23.8 Å². The molecule has 2 aromatic rings. The highest BCUT2D eigenvalue weighted by Crippen LogP contribution is 2.31. The van der Waals surface area contributed by atoms with Gasteiger partial charge in [0.05, 0.1) is 0 Å². The van der Waals surface area contributed by atoms with Gasteiger partial charge in [0.2, 0.25) is 11.8 Å². The second kappa shape index (κ2) is 7.53. The van der Waals surface area contributed by atoms with E-state index >= 15 is 0 Å². The highest BCUT2D eigenvalue weighted by Gasteiger charge is 2.10. The van der Waals surface area contributed by atoms with Gasteiger partial charge in [-0.2, -0.15) is 0 Å². The molecule has 128 valence electrons. The summed E-state index contributed by atoms with van der Waals surface area (Å²) in [6.07, 6.45) is 3.16. The molecular weight excluding hydrogens is 320 g/mol. The van der Waals surface area contributed by atoms with Crippen molar-refractivity contribution in [1.29, 1.82) is 0 Å². The number of hydrogen-bond acceptors (Lipinski definition) is 4. The molecule has 0 aromatic heterocycles. The van der Waals surface area contributed by atoms with Crippen LogP contribution in [0.15, 0.2) is 48.5 Å². The lowest BCUT2D eigenvalue weighted by Gasteiger charge is -2.18. The molecule has 0 unspecified atom stereocenters. The predicted octanol–water partition coefficient (Wildman–Crippen LogP) is 3.07. The molecule has 25 heavy (non-hydrogen) atoms. The van der Waals surface area contributed by atoms with Crippen LogP contribution >= 0.6 is 0 Å². The lowest BCUT2D eigenvalue weighted by atomic mass is 10.2. The summed E-state index contributed by atoms with van der Waals surface area (Å²) in [5, 5.41) is 5.43. The van der Waals surface area contributed by atoms with E-state index in [1.54, 1.807) is 30.3 Å². The van der Waals surface area contributed by atoms with Crippen LogP contribution in [0.4, 0.5) is 11.4 Å². The number of carbonyl (C=O) groups is 2. The Morgan fingerprint density at radius 2 is 1.56 bits per heavy atom. The minimum atomic E-state index is -0.248. The number of ether oxygens (including phenoxy) is 2. The van der Waals surface area contributed by atoms with Gasteiger partial charge in [-0.3, -0.25) is 9.59 Å². The van der Waals surface area contributed by atoms with E-state index < -0.39 is 0 Å². The third-order valence-electron chi connectivity index (χ3n) is 3.47. The highest BCUT2D eigenvalue weighted by molar-refractivity contribution is 6.02. The Balaban J connectivity index is 1.60. The van der Waals surface area contributed by atoms with Crippen molar-refractivity contribution in [1.82, 2.24) is 0 Å². The molecule has 1 aliphatic rings. The van der Waals surface area contributed by atoms with Gasteiger partial charge >= 0.3 is 0 Å². The normalized spacial score (nSPS) is 12.7. The van der Waals surface area contributed by atoms with Crippen molar-refractivity contribution in [3.05, 3.63) is 54.1 Å². The van der Waals surface area contributed by atoms with Gasteiger partial charge in [-0.15, -0.1) is 0 Å². The molecular formula is C19H18N2O4. The third kappa shape index (κ3) is 4.60. The molecule has 0 radical (unpaired) electrons. The van der Waals surface area contributed by atoms with Crippen molar-refractivity contribution in [3.8, 4) is 11.5 Å². The number of rotatable bonds is 4. The van der Waals surface area contributed by atoms with Crippen molar-refractivity contribution < 1.29 is 19.1 Å². The van der Waals surface area contributed by atoms with Crippen molar-refractivity contribution in [3.63, 3.8) is 0 Å². The van der Waals surface area contributed by atoms with Crippen LogP contribution in [-0.2, 0) is 9.59 Å². The summed E-state index contributed by atoms with van der Waals surface area (Å²) < 4.78 is 11.0. The first-order valence-electron chi connectivity index (χ1n) is 7.86. The van der Waals surface area contributed by atoms with E-state index in [0.717, 1.165) is 5.56 Å². The Labute approximate surface area is 145 Å². The minimum Gasteiger partial charge on any atom is -0.486 e. The second-order valence-electron chi connectivity index (χ2n) is 5.48. The lowest BCUT2D eigenvalue weighted by Crippen LogP contribution is -2.15. The van der Waals surface area contributed by atoms with E-state index in [0.29, 0.717) is 36.1 Å². The van der Waals surface area contributed by atoms with Gasteiger partial charge in [0.15, 0.2) is 11.5 Å². The van der Waals surface area contributed by atoms with Crippen LogP contribution in [0.2, 0.25) is 0 Å². The molecule has 6 nitrogen and oxygen atoms in total. The lowest BCUT2D eigenvalue weighted by molar-refractivity contribution is -0.114. The van der Waals surface area contributed by atoms with E-state index in [2.05, 4.69) is 10.6 Å². The molecule has 2 aromatic carbocycles. The van der Waals surface area contributed by atoms with Crippen LogP contribution in [0.5, 0.6) is 11.5 Å². The second-order valence-corrected chi connectivity index (χ2v) is 5.48. The fourth-order valence-electron chi connectivity index (χ4n) is 2.36. The molecule has 0 saturated carbocycles. The van der Waals surface area contributed by atoms with Gasteiger partial charge in [-0.05, 0) is 48.0 Å². The summed E-state index contributed by atoms with van der Waals surface area (Å²) in [6.45, 7) is 2.51. The minimum absolute atomic E-state index is 0.140. The van der Waals surface area contributed by atoms with Gasteiger partial charge in [-0.25, -0.2) is 0 Å². The number of anilines is 2. The maximum atomic E-state index is 12.0. The van der Waals surface area contributed by atoms with Crippen LogP contribution < -0.4 is 20.1 Å². The Morgan fingerprint density at radius 3 is 2.24 bits per heavy atom. The van der Waals surface area contributed by atoms with E-state index in [-0.39, 0.29) is 11.8 Å². The van der Waals surface area contributed by atoms with Crippen LogP contribution in [0.3, 0.4) is 0 Å². The Morgan fingerprint density at radius 1 is 0.920 bits per heavy atom. The van der Waals surface area contributed by atoms with Crippen molar-refractivity contribution in [2.45, 2.75) is 6.92 Å². The fraction of sp³-hybridized carbons (Fsp3) is 0.158. The molecule has 2 N–H and O–H groups in total. The Hall–Kier alpha value is -3.28. The molecule has 6 heteroatoms. The van der Waals surface area contributed by atoms with Crippen molar-refractivity contribution >= 4 is 29.3 Å². The molecule has 1 heterocycles. The molecule has 0 aliphatic carbocycles. The zero-order chi connectivity index (χ0) is 17.6. The van der Waals surface area contributed by atoms with E-state index in [1.165, 1.54) is 13.0 Å². The Bertz CT molecular complexity index is 813. The van der Waals surface area contributed by atoms with Crippen molar-refractivity contribution in [2.24, 2.45) is 0 Å². The van der Waals surface area contributed by atoms with Crippen LogP contribution in [-0.4, -0.2) is 25.0 Å². The molecule has 0 spiro atoms. The number of carbonyl (C=O) groups excluding carboxylic acids is 2. The van der Waals surface area contributed by atoms with Crippen LogP contribution in [0, 0.1) is 0 Å². The molecule has 0 bridgehead atoms. The smallest absolute Gasteiger partial charge is 0.248 e. The maximum Gasteiger partial charge on any atom is 0.248 e. The Kier molecular flexibility index (Phi) is 4.99. The summed E-state index contributed by atoms with van der Waals surface area (Å²) in [5.41, 5.74) is 2.17. The molecule has 3 rings (SSSR count). The predicted molar refractivity (Wildman–Crippen MR) is 95.8 cm³/mol. The van der Waals surface area contributed by atoms with Gasteiger partial charge in [0, 0.05) is 24.4 Å². The molecule has 2 amide bonds. The fourth-order valence-corrected chi connectivity index (χ4v) is 2.36. The summed E-state index contributed by atoms with van der Waals surface area (Å²) in [5.74, 6) is 1.01. The van der Waals surface area contributed by atoms with Gasteiger partial charge in [0.25, 0.3) is 0 Å². The third-order valence-corrected chi connectivity index (χ3v) is 3.47. The summed E-state index contributed by atoms with van der Waals surface area (Å²) in [7, 11) is 0. The van der Waals surface area contributed by atoms with E-state index in [9.17, 15) is 9.59 Å². The molecule has 0 atom stereocenters. The zero-order valence-corrected chi connectivity index (χ0v) is 13.7. The monoisotopic (exact) mass is 338 g/mol. The summed E-state index contributed by atoms with van der Waals surface area (Å²) in [6, 6.07) is 12.4. The molecule has 1 aliphatic heterocycles. The standard InChI is InChI=1S/C19H18N2O4/c1-13(22)20-15-4-6-16(7-5-15)21-19(23)9-3-14-2-8-17-18(12-14)25-11-10-24-17/h2-9,12H,10-11H2,1H3,(H,20,22)(H,21,23)/b9-3+. The number of hydrogen-bond donors (Lipinski definition) is 2. The molecule has 0 fully saturated rings. The van der Waals surface area contributed by atoms with Gasteiger partial charge in [0.1, 0.15) is 13.2 Å². The zero-order valence-electron chi connectivity index (χ0n) is 13.7. The topological polar surface area (TPSA) is 76.7 Å². The summed E-state index contributed by atoms with van der Waals surface area (Å²) >= 11 is 0. The first kappa shape index (κ1) is 16.6. The SMILES string of the molecule is CC(=O)Nc1ccc(NC(=O)/C=C/c2ccc3c(c2)OCCO3)cc1. The van der Waals surface area contributed by atoms with Gasteiger partial charge < -0.3 is 20.1 Å². The van der Waals surface area contributed by atoms with E-state index in [1.807, 2.05) is 18.2 Å². The van der Waals surface area contributed by atoms with E-state index in [4.69, 9.17) is 9.47 Å². The number of nitrogens with one attached hydrogen (secondary N) is 2. The van der Waals surface area contributed by atoms with Gasteiger partial charge in [-0.1, -0.05) is 6.07 Å². The number of benzene rings is 2. The van der Waals surface area contributed by atoms with Crippen LogP contribution in [0.1, 0.15) is 12.5 Å².